The fraction of sp³-hybridized carbons (Fsp3) is 0.714. The van der Waals surface area contributed by atoms with E-state index in [0.29, 0.717) is 6.04 Å². The van der Waals surface area contributed by atoms with Gasteiger partial charge in [0.2, 0.25) is 0 Å². The van der Waals surface area contributed by atoms with Gasteiger partial charge in [0.05, 0.1) is 0 Å². The third kappa shape index (κ3) is 8.50. The molecular formula is C28H46N2S. The normalized spacial score (nSPS) is 21.8. The number of unbranched alkanes of at least 4 members (excludes halogenated alkanes) is 8. The molecule has 0 atom stereocenters. The van der Waals surface area contributed by atoms with Crippen molar-refractivity contribution in [3.8, 4) is 0 Å². The van der Waals surface area contributed by atoms with Crippen LogP contribution in [0.1, 0.15) is 121 Å². The van der Waals surface area contributed by atoms with Gasteiger partial charge >= 0.3 is 0 Å². The SMILES string of the molecule is CCCCCCCCc1ccc(C2=CNN([C@H]3CC[C@H](CCCCCC)CC3)S2)cc1. The molecule has 1 aliphatic carbocycles. The Hall–Kier alpha value is -0.930. The summed E-state index contributed by atoms with van der Waals surface area (Å²) in [6.45, 7) is 4.59. The average molecular weight is 443 g/mol. The lowest BCUT2D eigenvalue weighted by atomic mass is 9.83. The van der Waals surface area contributed by atoms with Gasteiger partial charge < -0.3 is 5.43 Å². The van der Waals surface area contributed by atoms with E-state index in [1.54, 1.807) is 0 Å². The van der Waals surface area contributed by atoms with Crippen molar-refractivity contribution in [2.75, 3.05) is 0 Å². The first-order valence-corrected chi connectivity index (χ1v) is 14.1. The standard InChI is InChI=1S/C28H46N2S/c1-3-5-7-9-10-12-14-24-15-19-26(20-16-24)28-23-29-30(31-28)27-21-17-25(18-22-27)13-11-8-6-4-2/h15-16,19-20,23,25,27,29H,3-14,17-18,21-22H2,1-2H3/t25-,27-. The molecule has 2 nitrogen and oxygen atoms in total. The van der Waals surface area contributed by atoms with Crippen LogP contribution in [-0.2, 0) is 6.42 Å². The Morgan fingerprint density at radius 1 is 0.806 bits per heavy atom. The van der Waals surface area contributed by atoms with Crippen LogP contribution in [-0.4, -0.2) is 10.5 Å². The Labute approximate surface area is 196 Å². The molecule has 1 heterocycles. The van der Waals surface area contributed by atoms with Crippen molar-refractivity contribution in [1.29, 1.82) is 0 Å². The van der Waals surface area contributed by atoms with Gasteiger partial charge in [-0.3, -0.25) is 0 Å². The van der Waals surface area contributed by atoms with Crippen molar-refractivity contribution in [1.82, 2.24) is 9.84 Å². The van der Waals surface area contributed by atoms with Gasteiger partial charge in [-0.05, 0) is 67.5 Å². The summed E-state index contributed by atoms with van der Waals surface area (Å²) in [7, 11) is 0. The fourth-order valence-electron chi connectivity index (χ4n) is 5.07. The minimum absolute atomic E-state index is 0.678. The second kappa shape index (κ2) is 14.3. The van der Waals surface area contributed by atoms with Gasteiger partial charge in [-0.15, -0.1) is 0 Å². The predicted octanol–water partition coefficient (Wildman–Crippen LogP) is 8.89. The molecule has 174 valence electrons. The molecule has 0 spiro atoms. The fourth-order valence-corrected chi connectivity index (χ4v) is 6.09. The molecule has 1 saturated carbocycles. The predicted molar refractivity (Wildman–Crippen MR) is 139 cm³/mol. The minimum Gasteiger partial charge on any atom is -0.315 e. The minimum atomic E-state index is 0.678. The lowest BCUT2D eigenvalue weighted by Crippen LogP contribution is -2.37. The van der Waals surface area contributed by atoms with E-state index in [2.05, 4.69) is 54.2 Å². The summed E-state index contributed by atoms with van der Waals surface area (Å²) in [5.74, 6) is 0.979. The number of rotatable bonds is 14. The van der Waals surface area contributed by atoms with Crippen LogP contribution in [0.2, 0.25) is 0 Å². The first kappa shape index (κ1) is 24.7. The number of nitrogens with one attached hydrogen (secondary N) is 1. The van der Waals surface area contributed by atoms with E-state index >= 15 is 0 Å². The maximum Gasteiger partial charge on any atom is 0.0491 e. The van der Waals surface area contributed by atoms with Crippen molar-refractivity contribution in [2.24, 2.45) is 5.92 Å². The van der Waals surface area contributed by atoms with E-state index in [9.17, 15) is 0 Å². The zero-order valence-electron chi connectivity index (χ0n) is 20.2. The van der Waals surface area contributed by atoms with E-state index in [4.69, 9.17) is 0 Å². The molecule has 0 radical (unpaired) electrons. The van der Waals surface area contributed by atoms with Crippen LogP contribution in [0.4, 0.5) is 0 Å². The highest BCUT2D eigenvalue weighted by molar-refractivity contribution is 8.06. The monoisotopic (exact) mass is 442 g/mol. The highest BCUT2D eigenvalue weighted by Crippen LogP contribution is 2.39. The summed E-state index contributed by atoms with van der Waals surface area (Å²) in [4.78, 5) is 1.37. The van der Waals surface area contributed by atoms with E-state index < -0.39 is 0 Å². The van der Waals surface area contributed by atoms with E-state index in [0.717, 1.165) is 5.92 Å². The average Bonchev–Trinajstić information content (AvgIpc) is 3.30. The summed E-state index contributed by atoms with van der Waals surface area (Å²) in [5.41, 5.74) is 6.41. The Kier molecular flexibility index (Phi) is 11.4. The summed E-state index contributed by atoms with van der Waals surface area (Å²) < 4.78 is 2.42. The topological polar surface area (TPSA) is 15.3 Å². The maximum absolute atomic E-state index is 3.56. The molecule has 1 aromatic carbocycles. The van der Waals surface area contributed by atoms with Crippen molar-refractivity contribution in [3.63, 3.8) is 0 Å². The lowest BCUT2D eigenvalue weighted by Gasteiger charge is -2.33. The molecule has 1 N–H and O–H groups in total. The highest BCUT2D eigenvalue weighted by atomic mass is 32.2. The molecule has 1 fully saturated rings. The third-order valence-electron chi connectivity index (χ3n) is 7.19. The first-order valence-electron chi connectivity index (χ1n) is 13.3. The molecule has 0 aromatic heterocycles. The smallest absolute Gasteiger partial charge is 0.0491 e. The summed E-state index contributed by atoms with van der Waals surface area (Å²) >= 11 is 1.91. The van der Waals surface area contributed by atoms with Crippen molar-refractivity contribution in [2.45, 2.75) is 123 Å². The van der Waals surface area contributed by atoms with Crippen LogP contribution < -0.4 is 5.43 Å². The number of hydrogen-bond donors (Lipinski definition) is 1. The van der Waals surface area contributed by atoms with Crippen LogP contribution in [0.3, 0.4) is 0 Å². The number of hydrazine groups is 1. The Morgan fingerprint density at radius 3 is 2.16 bits per heavy atom. The molecule has 2 aliphatic rings. The molecule has 0 amide bonds. The zero-order valence-corrected chi connectivity index (χ0v) is 21.0. The van der Waals surface area contributed by atoms with Gasteiger partial charge in [0.15, 0.2) is 0 Å². The molecule has 0 saturated heterocycles. The second-order valence-corrected chi connectivity index (χ2v) is 10.8. The van der Waals surface area contributed by atoms with E-state index in [-0.39, 0.29) is 0 Å². The van der Waals surface area contributed by atoms with Gasteiger partial charge in [0.1, 0.15) is 0 Å². The van der Waals surface area contributed by atoms with Crippen LogP contribution in [0.15, 0.2) is 30.5 Å². The maximum atomic E-state index is 3.56. The number of nitrogens with zero attached hydrogens (tertiary/aromatic N) is 1. The third-order valence-corrected chi connectivity index (χ3v) is 8.34. The molecule has 3 rings (SSSR count). The van der Waals surface area contributed by atoms with Gasteiger partial charge in [-0.25, -0.2) is 0 Å². The Bertz CT molecular complexity index is 631. The summed E-state index contributed by atoms with van der Waals surface area (Å²) in [5, 5.41) is 0. The summed E-state index contributed by atoms with van der Waals surface area (Å²) in [6, 6.07) is 10.0. The highest BCUT2D eigenvalue weighted by Gasteiger charge is 2.29. The van der Waals surface area contributed by atoms with Gasteiger partial charge in [0, 0.05) is 17.1 Å². The molecule has 3 heteroatoms. The number of hydrogen-bond acceptors (Lipinski definition) is 3. The largest absolute Gasteiger partial charge is 0.315 e. The van der Waals surface area contributed by atoms with Crippen LogP contribution in [0.5, 0.6) is 0 Å². The van der Waals surface area contributed by atoms with Crippen LogP contribution >= 0.6 is 11.9 Å². The van der Waals surface area contributed by atoms with Crippen molar-refractivity contribution >= 4 is 16.9 Å². The number of aryl methyl sites for hydroxylation is 1. The zero-order chi connectivity index (χ0) is 21.7. The Morgan fingerprint density at radius 2 is 1.45 bits per heavy atom. The van der Waals surface area contributed by atoms with Crippen molar-refractivity contribution in [3.05, 3.63) is 41.6 Å². The molecule has 1 aliphatic heterocycles. The van der Waals surface area contributed by atoms with Crippen LogP contribution in [0.25, 0.3) is 4.91 Å². The number of benzene rings is 1. The molecular weight excluding hydrogens is 396 g/mol. The quantitative estimate of drug-likeness (QED) is 0.229. The molecule has 0 unspecified atom stereocenters. The van der Waals surface area contributed by atoms with E-state index in [1.165, 1.54) is 119 Å². The van der Waals surface area contributed by atoms with Gasteiger partial charge in [-0.2, -0.15) is 4.41 Å². The Balaban J connectivity index is 1.34. The molecule has 0 bridgehead atoms. The van der Waals surface area contributed by atoms with Crippen molar-refractivity contribution < 1.29 is 0 Å². The molecule has 31 heavy (non-hydrogen) atoms. The first-order chi connectivity index (χ1) is 15.3. The van der Waals surface area contributed by atoms with Crippen LogP contribution in [0, 0.1) is 5.92 Å². The van der Waals surface area contributed by atoms with E-state index in [1.807, 2.05) is 11.9 Å². The molecule has 1 aromatic rings. The second-order valence-electron chi connectivity index (χ2n) is 9.79. The van der Waals surface area contributed by atoms with Gasteiger partial charge in [-0.1, -0.05) is 102 Å². The van der Waals surface area contributed by atoms with Gasteiger partial charge in [0.25, 0.3) is 0 Å². The lowest BCUT2D eigenvalue weighted by molar-refractivity contribution is 0.199. The summed E-state index contributed by atoms with van der Waals surface area (Å²) in [6.07, 6.45) is 24.3.